The van der Waals surface area contributed by atoms with E-state index in [1.54, 1.807) is 31.2 Å². The lowest BCUT2D eigenvalue weighted by Gasteiger charge is -2.39. The summed E-state index contributed by atoms with van der Waals surface area (Å²) in [6.07, 6.45) is 3.85. The summed E-state index contributed by atoms with van der Waals surface area (Å²) in [7, 11) is 0. The molecule has 3 aliphatic rings. The molecule has 5 rings (SSSR count). The fraction of sp³-hybridized carbons (Fsp3) is 0.459. The van der Waals surface area contributed by atoms with Crippen LogP contribution in [0.2, 0.25) is 5.02 Å². The fourth-order valence-electron chi connectivity index (χ4n) is 7.60. The summed E-state index contributed by atoms with van der Waals surface area (Å²) in [6, 6.07) is 12.8. The van der Waals surface area contributed by atoms with E-state index in [0.29, 0.717) is 30.0 Å². The van der Waals surface area contributed by atoms with Gasteiger partial charge in [-0.15, -0.1) is 13.2 Å². The number of rotatable bonds is 15. The van der Waals surface area contributed by atoms with Crippen molar-refractivity contribution < 1.29 is 33.8 Å². The molecule has 0 radical (unpaired) electrons. The minimum Gasteiger partial charge on any atom is -0.460 e. The van der Waals surface area contributed by atoms with Gasteiger partial charge in [0, 0.05) is 13.0 Å². The Morgan fingerprint density at radius 2 is 1.94 bits per heavy atom. The number of hydrogen-bond acceptors (Lipinski definition) is 7. The molecular formula is C37H44ClN3O7. The van der Waals surface area contributed by atoms with Crippen LogP contribution in [-0.2, 0) is 35.1 Å². The number of carbonyl (C=O) groups excluding carboxylic acids is 4. The smallest absolute Gasteiger partial charge is 0.312 e. The summed E-state index contributed by atoms with van der Waals surface area (Å²) in [6.45, 7) is 10.8. The summed E-state index contributed by atoms with van der Waals surface area (Å²) in [5.74, 6) is -3.64. The van der Waals surface area contributed by atoms with E-state index in [9.17, 15) is 24.3 Å². The number of anilines is 1. The number of aliphatic hydroxyl groups is 1. The number of nitrogens with zero attached hydrogens (tertiary/aromatic N) is 2. The maximum Gasteiger partial charge on any atom is 0.312 e. The standard InChI is InChI=1S/C37H44ClN3O7/c1-5-7-16-29(43)39-21-24(4)47-36(46)30-28-17-18-37(48-28)31(30)34(44)41(26(22-42)20-25-13-9-8-10-14-25)33(37)35(45)40(19-6-2)32-23(3)12-11-15-27(32)38/h5-6,8-15,24,26,28,30-31,33,42H,1-2,7,16-22H2,3-4H3,(H,39,43)/t24-,26+,28+,30-,31-,33+,37-/m0/s1. The highest BCUT2D eigenvalue weighted by molar-refractivity contribution is 6.34. The molecule has 48 heavy (non-hydrogen) atoms. The second-order valence-electron chi connectivity index (χ2n) is 12.8. The van der Waals surface area contributed by atoms with Gasteiger partial charge in [-0.05, 0) is 56.7 Å². The lowest BCUT2D eigenvalue weighted by Crippen LogP contribution is -2.59. The lowest BCUT2D eigenvalue weighted by atomic mass is 9.70. The predicted molar refractivity (Wildman–Crippen MR) is 182 cm³/mol. The number of benzene rings is 2. The summed E-state index contributed by atoms with van der Waals surface area (Å²) >= 11 is 6.67. The van der Waals surface area contributed by atoms with E-state index in [0.717, 1.165) is 11.1 Å². The van der Waals surface area contributed by atoms with Crippen molar-refractivity contribution in [1.29, 1.82) is 0 Å². The highest BCUT2D eigenvalue weighted by Crippen LogP contribution is 2.59. The number of esters is 1. The lowest BCUT2D eigenvalue weighted by molar-refractivity contribution is -0.159. The zero-order chi connectivity index (χ0) is 34.6. The second-order valence-corrected chi connectivity index (χ2v) is 13.3. The molecule has 2 N–H and O–H groups in total. The van der Waals surface area contributed by atoms with Gasteiger partial charge in [0.25, 0.3) is 5.91 Å². The molecule has 11 heteroatoms. The van der Waals surface area contributed by atoms with Crippen LogP contribution in [0.15, 0.2) is 73.8 Å². The molecule has 3 aliphatic heterocycles. The molecule has 0 saturated carbocycles. The van der Waals surface area contributed by atoms with Gasteiger partial charge in [-0.25, -0.2) is 0 Å². The van der Waals surface area contributed by atoms with Crippen molar-refractivity contribution in [2.24, 2.45) is 11.8 Å². The Balaban J connectivity index is 1.51. The summed E-state index contributed by atoms with van der Waals surface area (Å²) < 4.78 is 12.4. The number of amides is 3. The van der Waals surface area contributed by atoms with Crippen molar-refractivity contribution in [3.8, 4) is 0 Å². The molecule has 2 aromatic carbocycles. The van der Waals surface area contributed by atoms with E-state index in [1.807, 2.05) is 43.3 Å². The van der Waals surface area contributed by atoms with Crippen molar-refractivity contribution in [2.45, 2.75) is 75.8 Å². The highest BCUT2D eigenvalue weighted by atomic mass is 35.5. The third-order valence-electron chi connectivity index (χ3n) is 9.68. The largest absolute Gasteiger partial charge is 0.460 e. The number of allylic oxidation sites excluding steroid dienone is 1. The first-order valence-electron chi connectivity index (χ1n) is 16.5. The highest BCUT2D eigenvalue weighted by Gasteiger charge is 2.75. The van der Waals surface area contributed by atoms with Gasteiger partial charge in [0.15, 0.2) is 0 Å². The Morgan fingerprint density at radius 3 is 2.60 bits per heavy atom. The van der Waals surface area contributed by atoms with Crippen LogP contribution in [-0.4, -0.2) is 83.3 Å². The van der Waals surface area contributed by atoms with Gasteiger partial charge in [0.1, 0.15) is 17.7 Å². The number of hydrogen-bond donors (Lipinski definition) is 2. The molecule has 3 heterocycles. The van der Waals surface area contributed by atoms with E-state index in [2.05, 4.69) is 18.5 Å². The number of aryl methyl sites for hydroxylation is 1. The molecule has 2 aromatic rings. The van der Waals surface area contributed by atoms with E-state index in [1.165, 1.54) is 9.80 Å². The van der Waals surface area contributed by atoms with Gasteiger partial charge in [-0.3, -0.25) is 19.2 Å². The van der Waals surface area contributed by atoms with Gasteiger partial charge in [0.05, 0.1) is 47.8 Å². The van der Waals surface area contributed by atoms with Crippen LogP contribution in [0, 0.1) is 18.8 Å². The monoisotopic (exact) mass is 677 g/mol. The summed E-state index contributed by atoms with van der Waals surface area (Å²) in [4.78, 5) is 58.6. The fourth-order valence-corrected chi connectivity index (χ4v) is 7.92. The van der Waals surface area contributed by atoms with Crippen LogP contribution >= 0.6 is 11.6 Å². The third kappa shape index (κ3) is 6.66. The van der Waals surface area contributed by atoms with Gasteiger partial charge < -0.3 is 29.7 Å². The molecule has 0 aliphatic carbocycles. The molecule has 3 fully saturated rings. The Kier molecular flexibility index (Phi) is 11.1. The molecule has 3 saturated heterocycles. The Morgan fingerprint density at radius 1 is 1.19 bits per heavy atom. The van der Waals surface area contributed by atoms with Crippen LogP contribution in [0.25, 0.3) is 0 Å². The molecular weight excluding hydrogens is 634 g/mol. The Bertz CT molecular complexity index is 1530. The summed E-state index contributed by atoms with van der Waals surface area (Å²) in [5.41, 5.74) is 0.797. The number of nitrogens with one attached hydrogen (secondary N) is 1. The number of carbonyl (C=O) groups is 4. The Hall–Kier alpha value is -3.99. The summed E-state index contributed by atoms with van der Waals surface area (Å²) in [5, 5.41) is 13.9. The van der Waals surface area contributed by atoms with Crippen LogP contribution in [0.1, 0.15) is 43.7 Å². The van der Waals surface area contributed by atoms with Crippen molar-refractivity contribution in [2.75, 3.05) is 24.6 Å². The zero-order valence-electron chi connectivity index (χ0n) is 27.5. The first-order chi connectivity index (χ1) is 23.1. The van der Waals surface area contributed by atoms with Gasteiger partial charge in [0.2, 0.25) is 11.8 Å². The minimum atomic E-state index is -1.33. The van der Waals surface area contributed by atoms with Crippen molar-refractivity contribution in [1.82, 2.24) is 10.2 Å². The molecule has 10 nitrogen and oxygen atoms in total. The molecule has 2 bridgehead atoms. The van der Waals surface area contributed by atoms with E-state index in [4.69, 9.17) is 21.1 Å². The molecule has 0 unspecified atom stereocenters. The first kappa shape index (κ1) is 35.3. The maximum absolute atomic E-state index is 15.0. The first-order valence-corrected chi connectivity index (χ1v) is 16.9. The predicted octanol–water partition coefficient (Wildman–Crippen LogP) is 4.16. The van der Waals surface area contributed by atoms with Crippen molar-refractivity contribution in [3.63, 3.8) is 0 Å². The average molecular weight is 678 g/mol. The molecule has 256 valence electrons. The number of para-hydroxylation sites is 1. The topological polar surface area (TPSA) is 125 Å². The van der Waals surface area contributed by atoms with E-state index >= 15 is 0 Å². The molecule has 0 aromatic heterocycles. The normalized spacial score (nSPS) is 25.2. The van der Waals surface area contributed by atoms with E-state index < -0.39 is 66.1 Å². The van der Waals surface area contributed by atoms with Gasteiger partial charge >= 0.3 is 5.97 Å². The number of ether oxygens (including phenoxy) is 2. The van der Waals surface area contributed by atoms with Crippen LogP contribution in [0.3, 0.4) is 0 Å². The minimum absolute atomic E-state index is 0.105. The number of aliphatic hydroxyl groups excluding tert-OH is 1. The van der Waals surface area contributed by atoms with Crippen molar-refractivity contribution >= 4 is 41.0 Å². The van der Waals surface area contributed by atoms with Gasteiger partial charge in [-0.2, -0.15) is 0 Å². The van der Waals surface area contributed by atoms with Crippen molar-refractivity contribution in [3.05, 3.63) is 90.0 Å². The number of likely N-dealkylation sites (tertiary alicyclic amines) is 1. The van der Waals surface area contributed by atoms with Crippen LogP contribution in [0.5, 0.6) is 0 Å². The van der Waals surface area contributed by atoms with Gasteiger partial charge in [-0.1, -0.05) is 66.2 Å². The molecule has 7 atom stereocenters. The second kappa shape index (κ2) is 15.1. The molecule has 3 amide bonds. The third-order valence-corrected chi connectivity index (χ3v) is 9.98. The SMILES string of the molecule is C=CCCC(=O)NC[C@H](C)OC(=O)[C@@H]1[C@H]2C(=O)N([C@@H](CO)Cc3ccccc3)[C@H](C(=O)N(CC=C)c3c(C)cccc3Cl)[C@]23CC[C@H]1O3. The Labute approximate surface area is 286 Å². The number of fused-ring (bicyclic) bond motifs is 1. The van der Waals surface area contributed by atoms with Crippen LogP contribution in [0.4, 0.5) is 5.69 Å². The molecule has 1 spiro atoms. The maximum atomic E-state index is 15.0. The average Bonchev–Trinajstić information content (AvgIpc) is 3.72. The zero-order valence-corrected chi connectivity index (χ0v) is 28.2. The van der Waals surface area contributed by atoms with Crippen LogP contribution < -0.4 is 10.2 Å². The number of halogens is 1. The quantitative estimate of drug-likeness (QED) is 0.214. The van der Waals surface area contributed by atoms with E-state index in [-0.39, 0.29) is 31.8 Å².